The van der Waals surface area contributed by atoms with E-state index in [9.17, 15) is 35.9 Å². The molecule has 0 radical (unpaired) electrons. The van der Waals surface area contributed by atoms with Crippen LogP contribution < -0.4 is 11.2 Å². The van der Waals surface area contributed by atoms with Crippen molar-refractivity contribution in [2.45, 2.75) is 37.0 Å². The molecule has 1 aliphatic carbocycles. The van der Waals surface area contributed by atoms with E-state index in [1.54, 1.807) is 12.3 Å². The topological polar surface area (TPSA) is 113 Å². The molecule has 9 nitrogen and oxygen atoms in total. The van der Waals surface area contributed by atoms with Gasteiger partial charge in [0.05, 0.1) is 16.8 Å². The summed E-state index contributed by atoms with van der Waals surface area (Å²) in [6.45, 7) is 0. The third-order valence-corrected chi connectivity index (χ3v) is 6.46. The van der Waals surface area contributed by atoms with Crippen LogP contribution in [0.3, 0.4) is 0 Å². The highest BCUT2D eigenvalue weighted by atomic mass is 19.4. The number of nitrogens with zero attached hydrogens (tertiary/aromatic N) is 5. The molecule has 0 unspecified atom stereocenters. The Kier molecular flexibility index (Phi) is 5.06. The van der Waals surface area contributed by atoms with E-state index in [0.29, 0.717) is 23.2 Å². The summed E-state index contributed by atoms with van der Waals surface area (Å²) >= 11 is 0. The molecule has 0 aromatic carbocycles. The molecule has 2 N–H and O–H groups in total. The van der Waals surface area contributed by atoms with Gasteiger partial charge in [0.15, 0.2) is 11.3 Å². The smallest absolute Gasteiger partial charge is 0.313 e. The first-order valence-corrected chi connectivity index (χ1v) is 11.2. The van der Waals surface area contributed by atoms with E-state index < -0.39 is 47.1 Å². The van der Waals surface area contributed by atoms with Crippen LogP contribution in [0.4, 0.5) is 26.3 Å². The summed E-state index contributed by atoms with van der Waals surface area (Å²) in [6, 6.07) is 4.22. The molecule has 196 valence electrons. The largest absolute Gasteiger partial charge is 0.435 e. The molecule has 15 heteroatoms. The summed E-state index contributed by atoms with van der Waals surface area (Å²) in [4.78, 5) is 35.8. The molecule has 6 rings (SSSR count). The van der Waals surface area contributed by atoms with E-state index in [1.165, 1.54) is 29.2 Å². The van der Waals surface area contributed by atoms with Gasteiger partial charge in [0.25, 0.3) is 5.56 Å². The fourth-order valence-electron chi connectivity index (χ4n) is 4.75. The Morgan fingerprint density at radius 3 is 2.58 bits per heavy atom. The van der Waals surface area contributed by atoms with Gasteiger partial charge in [0, 0.05) is 30.4 Å². The number of aromatic nitrogens is 7. The number of imidazole rings is 2. The van der Waals surface area contributed by atoms with Crippen molar-refractivity contribution in [1.82, 2.24) is 34.0 Å². The highest BCUT2D eigenvalue weighted by Gasteiger charge is 2.43. The predicted molar refractivity (Wildman–Crippen MR) is 120 cm³/mol. The van der Waals surface area contributed by atoms with Crippen molar-refractivity contribution in [3.05, 3.63) is 86.5 Å². The van der Waals surface area contributed by atoms with Gasteiger partial charge in [-0.05, 0) is 36.0 Å². The molecule has 1 fully saturated rings. The van der Waals surface area contributed by atoms with Crippen LogP contribution in [0, 0.1) is 0 Å². The fourth-order valence-corrected chi connectivity index (χ4v) is 4.75. The standard InChI is InChI=1S/C23H15F6N7O2/c24-22(25,26)7-17-32-18(23(27,28)29)16-2-1-10(9-35(16)17)11-5-12(11)13-6-15(34-36-4-3-30-19(13)36)14-8-31-21(38)33-20(14)37/h1-4,6,8-9,11-12H,5,7H2,(H2,31,33,37,38)/t11-,12+/m1/s1. The van der Waals surface area contributed by atoms with Crippen molar-refractivity contribution in [3.63, 3.8) is 0 Å². The van der Waals surface area contributed by atoms with Crippen LogP contribution in [-0.2, 0) is 12.6 Å². The number of rotatable bonds is 4. The van der Waals surface area contributed by atoms with Crippen molar-refractivity contribution in [2.75, 3.05) is 0 Å². The number of fused-ring (bicyclic) bond motifs is 2. The third-order valence-electron chi connectivity index (χ3n) is 6.46. The molecule has 1 aliphatic rings. The monoisotopic (exact) mass is 535 g/mol. The predicted octanol–water partition coefficient (Wildman–Crippen LogP) is 3.82. The van der Waals surface area contributed by atoms with Crippen LogP contribution in [0.2, 0.25) is 0 Å². The van der Waals surface area contributed by atoms with E-state index in [2.05, 4.69) is 25.0 Å². The first kappa shape index (κ1) is 23.9. The summed E-state index contributed by atoms with van der Waals surface area (Å²) < 4.78 is 81.9. The van der Waals surface area contributed by atoms with Crippen molar-refractivity contribution in [3.8, 4) is 11.3 Å². The van der Waals surface area contributed by atoms with Crippen molar-refractivity contribution in [1.29, 1.82) is 0 Å². The Bertz CT molecular complexity index is 1830. The second-order valence-electron chi connectivity index (χ2n) is 9.00. The summed E-state index contributed by atoms with van der Waals surface area (Å²) in [7, 11) is 0. The van der Waals surface area contributed by atoms with E-state index in [4.69, 9.17) is 0 Å². The summed E-state index contributed by atoms with van der Waals surface area (Å²) in [5.74, 6) is -1.19. The lowest BCUT2D eigenvalue weighted by atomic mass is 10.0. The molecule has 0 spiro atoms. The van der Waals surface area contributed by atoms with Crippen LogP contribution in [-0.4, -0.2) is 40.1 Å². The zero-order valence-corrected chi connectivity index (χ0v) is 18.9. The molecule has 1 saturated carbocycles. The van der Waals surface area contributed by atoms with Crippen LogP contribution in [0.15, 0.2) is 52.6 Å². The van der Waals surface area contributed by atoms with Gasteiger partial charge in [-0.3, -0.25) is 9.78 Å². The molecule has 0 aliphatic heterocycles. The minimum Gasteiger partial charge on any atom is -0.313 e. The SMILES string of the molecule is O=c1[nH]cc(-c2cc([C@H]3C[C@@H]3c3ccc4c(C(F)(F)F)nc(CC(F)(F)F)n4c3)c3nccn3n2)c(=O)[nH]1. The minimum absolute atomic E-state index is 0.106. The molecule has 0 saturated heterocycles. The maximum atomic E-state index is 13.4. The van der Waals surface area contributed by atoms with Crippen LogP contribution in [0.25, 0.3) is 22.4 Å². The molecule has 38 heavy (non-hydrogen) atoms. The van der Waals surface area contributed by atoms with Crippen LogP contribution in [0.5, 0.6) is 0 Å². The molecule has 5 heterocycles. The number of alkyl halides is 6. The maximum Gasteiger partial charge on any atom is 0.435 e. The fraction of sp³-hybridized carbons (Fsp3) is 0.261. The number of aromatic amines is 2. The Hall–Kier alpha value is -4.43. The zero-order valence-electron chi connectivity index (χ0n) is 18.9. The van der Waals surface area contributed by atoms with Gasteiger partial charge in [0.2, 0.25) is 0 Å². The first-order chi connectivity index (χ1) is 17.9. The number of hydrogen-bond donors (Lipinski definition) is 2. The zero-order chi connectivity index (χ0) is 27.0. The quantitative estimate of drug-likeness (QED) is 0.340. The Morgan fingerprint density at radius 1 is 1.08 bits per heavy atom. The van der Waals surface area contributed by atoms with E-state index >= 15 is 0 Å². The minimum atomic E-state index is -4.92. The van der Waals surface area contributed by atoms with Gasteiger partial charge < -0.3 is 9.38 Å². The number of hydrogen-bond acceptors (Lipinski definition) is 5. The van der Waals surface area contributed by atoms with Crippen LogP contribution in [0.1, 0.15) is 40.9 Å². The second kappa shape index (κ2) is 8.03. The lowest BCUT2D eigenvalue weighted by Crippen LogP contribution is -2.23. The number of halogens is 6. The van der Waals surface area contributed by atoms with Gasteiger partial charge in [-0.1, -0.05) is 6.07 Å². The number of nitrogens with one attached hydrogen (secondary N) is 2. The van der Waals surface area contributed by atoms with Crippen molar-refractivity contribution >= 4 is 11.2 Å². The molecular formula is C23H15F6N7O2. The van der Waals surface area contributed by atoms with Gasteiger partial charge >= 0.3 is 18.0 Å². The maximum absolute atomic E-state index is 13.4. The van der Waals surface area contributed by atoms with Gasteiger partial charge in [0.1, 0.15) is 12.2 Å². The lowest BCUT2D eigenvalue weighted by Gasteiger charge is -2.09. The lowest BCUT2D eigenvalue weighted by molar-refractivity contribution is -0.141. The van der Waals surface area contributed by atoms with Gasteiger partial charge in [-0.15, -0.1) is 0 Å². The first-order valence-electron chi connectivity index (χ1n) is 11.2. The van der Waals surface area contributed by atoms with E-state index in [-0.39, 0.29) is 23.1 Å². The summed E-state index contributed by atoms with van der Waals surface area (Å²) in [5, 5.41) is 4.36. The number of pyridine rings is 1. The Labute approximate surface area is 206 Å². The van der Waals surface area contributed by atoms with Crippen molar-refractivity contribution < 1.29 is 26.3 Å². The summed E-state index contributed by atoms with van der Waals surface area (Å²) in [5.41, 5.74) is -1.11. The van der Waals surface area contributed by atoms with Crippen LogP contribution >= 0.6 is 0 Å². The number of H-pyrrole nitrogens is 2. The molecule has 0 bridgehead atoms. The van der Waals surface area contributed by atoms with Gasteiger partial charge in [-0.25, -0.2) is 19.3 Å². The second-order valence-corrected chi connectivity index (χ2v) is 9.00. The molecular weight excluding hydrogens is 520 g/mol. The average molecular weight is 535 g/mol. The highest BCUT2D eigenvalue weighted by molar-refractivity contribution is 5.64. The Balaban J connectivity index is 1.41. The van der Waals surface area contributed by atoms with E-state index in [1.807, 2.05) is 0 Å². The van der Waals surface area contributed by atoms with Gasteiger partial charge in [-0.2, -0.15) is 31.4 Å². The molecule has 0 amide bonds. The highest BCUT2D eigenvalue weighted by Crippen LogP contribution is 2.55. The summed E-state index contributed by atoms with van der Waals surface area (Å²) in [6.07, 6.45) is -5.18. The van der Waals surface area contributed by atoms with Crippen molar-refractivity contribution in [2.24, 2.45) is 0 Å². The average Bonchev–Trinajstić information content (AvgIpc) is 3.32. The normalized spacial score (nSPS) is 17.9. The van der Waals surface area contributed by atoms with E-state index in [0.717, 1.165) is 10.5 Å². The Morgan fingerprint density at radius 2 is 1.87 bits per heavy atom. The molecule has 2 atom stereocenters. The molecule has 5 aromatic heterocycles. The molecule has 5 aromatic rings. The third kappa shape index (κ3) is 4.13.